The second-order valence-corrected chi connectivity index (χ2v) is 5.49. The molecule has 1 atom stereocenters. The number of hydrogen-bond donors (Lipinski definition) is 3. The zero-order valence-electron chi connectivity index (χ0n) is 11.8. The van der Waals surface area contributed by atoms with Gasteiger partial charge in [0.05, 0.1) is 0 Å². The number of carboxylic acids is 1. The van der Waals surface area contributed by atoms with Gasteiger partial charge in [0.25, 0.3) is 0 Å². The van der Waals surface area contributed by atoms with Gasteiger partial charge >= 0.3 is 12.0 Å². The van der Waals surface area contributed by atoms with Gasteiger partial charge in [0, 0.05) is 0 Å². The van der Waals surface area contributed by atoms with Gasteiger partial charge in [-0.3, -0.25) is 14.9 Å². The molecule has 0 bridgehead atoms. The molecule has 8 nitrogen and oxygen atoms in total. The maximum absolute atomic E-state index is 12.3. The maximum Gasteiger partial charge on any atom is 0.329 e. The number of carboxylic acid groups (broad SMARTS) is 1. The zero-order valence-corrected chi connectivity index (χ0v) is 11.8. The smallest absolute Gasteiger partial charge is 0.329 e. The minimum absolute atomic E-state index is 0.244. The van der Waals surface area contributed by atoms with Crippen LogP contribution in [-0.2, 0) is 14.4 Å². The van der Waals surface area contributed by atoms with E-state index >= 15 is 0 Å². The van der Waals surface area contributed by atoms with Gasteiger partial charge in [0.15, 0.2) is 0 Å². The minimum atomic E-state index is -1.29. The summed E-state index contributed by atoms with van der Waals surface area (Å²) in [5, 5.41) is 14.1. The summed E-state index contributed by atoms with van der Waals surface area (Å²) in [6.45, 7) is 1.48. The van der Waals surface area contributed by atoms with Crippen LogP contribution in [0.5, 0.6) is 0 Å². The molecule has 2 fully saturated rings. The van der Waals surface area contributed by atoms with Crippen molar-refractivity contribution in [2.75, 3.05) is 6.54 Å². The molecule has 8 heteroatoms. The van der Waals surface area contributed by atoms with Crippen molar-refractivity contribution in [2.45, 2.75) is 50.6 Å². The lowest BCUT2D eigenvalue weighted by Gasteiger charge is -2.36. The zero-order chi connectivity index (χ0) is 15.6. The van der Waals surface area contributed by atoms with Gasteiger partial charge in [-0.2, -0.15) is 0 Å². The summed E-state index contributed by atoms with van der Waals surface area (Å²) in [6, 6.07) is -1.43. The van der Waals surface area contributed by atoms with Gasteiger partial charge in [0.1, 0.15) is 18.1 Å². The highest BCUT2D eigenvalue weighted by Gasteiger charge is 2.45. The van der Waals surface area contributed by atoms with E-state index in [1.807, 2.05) is 0 Å². The number of urea groups is 1. The largest absolute Gasteiger partial charge is 0.480 e. The Bertz CT molecular complexity index is 484. The SMILES string of the molecule is CCC1C(=O)NC(=O)CN1C(=O)NC1(C(=O)O)CCCC1. The number of hydrogen-bond acceptors (Lipinski definition) is 4. The number of carbonyl (C=O) groups excluding carboxylic acids is 3. The third-order valence-corrected chi connectivity index (χ3v) is 4.12. The van der Waals surface area contributed by atoms with Crippen molar-refractivity contribution in [3.05, 3.63) is 0 Å². The molecule has 2 aliphatic rings. The van der Waals surface area contributed by atoms with E-state index in [-0.39, 0.29) is 6.54 Å². The van der Waals surface area contributed by atoms with Crippen molar-refractivity contribution in [1.82, 2.24) is 15.5 Å². The first-order valence-corrected chi connectivity index (χ1v) is 7.05. The average molecular weight is 297 g/mol. The number of nitrogens with one attached hydrogen (secondary N) is 2. The summed E-state index contributed by atoms with van der Waals surface area (Å²) < 4.78 is 0. The van der Waals surface area contributed by atoms with Crippen LogP contribution in [-0.4, -0.2) is 51.9 Å². The third kappa shape index (κ3) is 2.84. The quantitative estimate of drug-likeness (QED) is 0.625. The molecule has 0 aromatic heterocycles. The van der Waals surface area contributed by atoms with E-state index in [1.165, 1.54) is 0 Å². The number of imide groups is 1. The molecule has 1 aliphatic heterocycles. The summed E-state index contributed by atoms with van der Waals surface area (Å²) in [5.74, 6) is -2.16. The predicted octanol–water partition coefficient (Wildman–Crippen LogP) is -0.170. The normalized spacial score (nSPS) is 24.6. The van der Waals surface area contributed by atoms with E-state index in [0.717, 1.165) is 17.7 Å². The van der Waals surface area contributed by atoms with Gasteiger partial charge in [-0.1, -0.05) is 19.8 Å². The standard InChI is InChI=1S/C13H19N3O5/c1-2-8-10(18)14-9(17)7-16(8)12(21)15-13(11(19)20)5-3-4-6-13/h8H,2-7H2,1H3,(H,15,21)(H,19,20)(H,14,17,18). The Balaban J connectivity index is 2.15. The van der Waals surface area contributed by atoms with Crippen LogP contribution in [0.4, 0.5) is 4.79 Å². The number of aliphatic carboxylic acids is 1. The third-order valence-electron chi connectivity index (χ3n) is 4.12. The van der Waals surface area contributed by atoms with Crippen molar-refractivity contribution < 1.29 is 24.3 Å². The molecule has 2 rings (SSSR count). The molecule has 0 aromatic rings. The molecule has 116 valence electrons. The highest BCUT2D eigenvalue weighted by atomic mass is 16.4. The van der Waals surface area contributed by atoms with Crippen LogP contribution in [0.1, 0.15) is 39.0 Å². The Kier molecular flexibility index (Phi) is 4.15. The lowest BCUT2D eigenvalue weighted by atomic mass is 9.98. The fourth-order valence-electron chi connectivity index (χ4n) is 2.93. The van der Waals surface area contributed by atoms with E-state index in [2.05, 4.69) is 10.6 Å². The summed E-state index contributed by atoms with van der Waals surface area (Å²) in [6.07, 6.45) is 2.52. The van der Waals surface area contributed by atoms with Gasteiger partial charge in [0.2, 0.25) is 11.8 Å². The minimum Gasteiger partial charge on any atom is -0.480 e. The van der Waals surface area contributed by atoms with Crippen molar-refractivity contribution in [2.24, 2.45) is 0 Å². The fourth-order valence-corrected chi connectivity index (χ4v) is 2.93. The van der Waals surface area contributed by atoms with Crippen molar-refractivity contribution in [1.29, 1.82) is 0 Å². The van der Waals surface area contributed by atoms with Crippen LogP contribution in [0.15, 0.2) is 0 Å². The van der Waals surface area contributed by atoms with Gasteiger partial charge in [-0.15, -0.1) is 0 Å². The van der Waals surface area contributed by atoms with Gasteiger partial charge in [-0.05, 0) is 19.3 Å². The molecule has 0 radical (unpaired) electrons. The Morgan fingerprint density at radius 2 is 2.00 bits per heavy atom. The summed E-state index contributed by atoms with van der Waals surface area (Å²) in [4.78, 5) is 48.1. The molecular weight excluding hydrogens is 278 g/mol. The van der Waals surface area contributed by atoms with E-state index in [1.54, 1.807) is 6.92 Å². The van der Waals surface area contributed by atoms with Crippen molar-refractivity contribution in [3.8, 4) is 0 Å². The van der Waals surface area contributed by atoms with E-state index < -0.39 is 35.4 Å². The number of carbonyl (C=O) groups is 4. The molecule has 0 spiro atoms. The van der Waals surface area contributed by atoms with Crippen molar-refractivity contribution >= 4 is 23.8 Å². The topological polar surface area (TPSA) is 116 Å². The molecular formula is C13H19N3O5. The van der Waals surface area contributed by atoms with Gasteiger partial charge in [-0.25, -0.2) is 9.59 Å². The molecule has 1 aliphatic carbocycles. The molecule has 0 aromatic carbocycles. The predicted molar refractivity (Wildman–Crippen MR) is 71.3 cm³/mol. The summed E-state index contributed by atoms with van der Waals surface area (Å²) in [5.41, 5.74) is -1.29. The first kappa shape index (κ1) is 15.3. The number of rotatable bonds is 3. The Labute approximate surface area is 121 Å². The number of nitrogens with zero attached hydrogens (tertiary/aromatic N) is 1. The van der Waals surface area contributed by atoms with Crippen molar-refractivity contribution in [3.63, 3.8) is 0 Å². The number of piperazine rings is 1. The highest BCUT2D eigenvalue weighted by molar-refractivity contribution is 6.04. The number of amides is 4. The summed E-state index contributed by atoms with van der Waals surface area (Å²) in [7, 11) is 0. The average Bonchev–Trinajstić information content (AvgIpc) is 2.87. The molecule has 1 saturated carbocycles. The summed E-state index contributed by atoms with van der Waals surface area (Å²) >= 11 is 0. The highest BCUT2D eigenvalue weighted by Crippen LogP contribution is 2.30. The van der Waals surface area contributed by atoms with E-state index in [9.17, 15) is 24.3 Å². The lowest BCUT2D eigenvalue weighted by molar-refractivity contribution is -0.144. The van der Waals surface area contributed by atoms with Crippen LogP contribution in [0.25, 0.3) is 0 Å². The van der Waals surface area contributed by atoms with Crippen LogP contribution in [0.2, 0.25) is 0 Å². The Hall–Kier alpha value is -2.12. The second kappa shape index (κ2) is 5.71. The Morgan fingerprint density at radius 1 is 1.38 bits per heavy atom. The van der Waals surface area contributed by atoms with Crippen LogP contribution >= 0.6 is 0 Å². The van der Waals surface area contributed by atoms with E-state index in [0.29, 0.717) is 19.3 Å². The van der Waals surface area contributed by atoms with Crippen LogP contribution < -0.4 is 10.6 Å². The molecule has 1 heterocycles. The van der Waals surface area contributed by atoms with Crippen LogP contribution in [0, 0.1) is 0 Å². The van der Waals surface area contributed by atoms with Crippen LogP contribution in [0.3, 0.4) is 0 Å². The monoisotopic (exact) mass is 297 g/mol. The fraction of sp³-hybridized carbons (Fsp3) is 0.692. The molecule has 1 saturated heterocycles. The maximum atomic E-state index is 12.3. The second-order valence-electron chi connectivity index (χ2n) is 5.49. The van der Waals surface area contributed by atoms with Gasteiger partial charge < -0.3 is 15.3 Å². The molecule has 21 heavy (non-hydrogen) atoms. The molecule has 1 unspecified atom stereocenters. The first-order valence-electron chi connectivity index (χ1n) is 7.05. The molecule has 4 amide bonds. The molecule has 3 N–H and O–H groups in total. The lowest BCUT2D eigenvalue weighted by Crippen LogP contribution is -2.64. The van der Waals surface area contributed by atoms with E-state index in [4.69, 9.17) is 0 Å². The Morgan fingerprint density at radius 3 is 2.52 bits per heavy atom. The first-order chi connectivity index (χ1) is 9.89.